The lowest BCUT2D eigenvalue weighted by Gasteiger charge is -2.17. The Labute approximate surface area is 89.3 Å². The van der Waals surface area contributed by atoms with Gasteiger partial charge in [-0.2, -0.15) is 0 Å². The summed E-state index contributed by atoms with van der Waals surface area (Å²) in [4.78, 5) is 17.1. The summed E-state index contributed by atoms with van der Waals surface area (Å²) in [7, 11) is 3.51. The average Bonchev–Trinajstić information content (AvgIpc) is 2.25. The van der Waals surface area contributed by atoms with Crippen LogP contribution in [0.15, 0.2) is 18.3 Å². The van der Waals surface area contributed by atoms with Crippen LogP contribution in [0.4, 0.5) is 11.5 Å². The Morgan fingerprint density at radius 2 is 2.40 bits per heavy atom. The fourth-order valence-corrected chi connectivity index (χ4v) is 1.15. The summed E-state index contributed by atoms with van der Waals surface area (Å²) in [5, 5.41) is 2.57. The van der Waals surface area contributed by atoms with Crippen LogP contribution in [0, 0.1) is 0 Å². The molecule has 5 nitrogen and oxygen atoms in total. The Balaban J connectivity index is 2.53. The molecule has 0 saturated carbocycles. The smallest absolute Gasteiger partial charge is 0.221 e. The minimum absolute atomic E-state index is 0.0192. The molecule has 0 aliphatic heterocycles. The first kappa shape index (κ1) is 11.3. The van der Waals surface area contributed by atoms with Crippen LogP contribution < -0.4 is 16.0 Å². The summed E-state index contributed by atoms with van der Waals surface area (Å²) >= 11 is 0. The van der Waals surface area contributed by atoms with Crippen LogP contribution in [0.2, 0.25) is 0 Å². The Kier molecular flexibility index (Phi) is 3.91. The summed E-state index contributed by atoms with van der Waals surface area (Å²) in [6.07, 6.45) is 2.10. The van der Waals surface area contributed by atoms with Crippen molar-refractivity contribution in [1.29, 1.82) is 0 Å². The van der Waals surface area contributed by atoms with E-state index >= 15 is 0 Å². The third-order valence-electron chi connectivity index (χ3n) is 2.11. The number of nitrogens with two attached hydrogens (primary N) is 1. The topological polar surface area (TPSA) is 71.2 Å². The highest BCUT2D eigenvalue weighted by Gasteiger charge is 2.04. The number of nitrogens with one attached hydrogen (secondary N) is 1. The van der Waals surface area contributed by atoms with E-state index < -0.39 is 0 Å². The van der Waals surface area contributed by atoms with E-state index in [4.69, 9.17) is 5.73 Å². The van der Waals surface area contributed by atoms with Gasteiger partial charge in [-0.15, -0.1) is 0 Å². The van der Waals surface area contributed by atoms with Gasteiger partial charge in [0.25, 0.3) is 0 Å². The van der Waals surface area contributed by atoms with Gasteiger partial charge in [0.2, 0.25) is 5.91 Å². The zero-order valence-electron chi connectivity index (χ0n) is 9.03. The zero-order valence-corrected chi connectivity index (χ0v) is 9.03. The molecule has 15 heavy (non-hydrogen) atoms. The summed E-state index contributed by atoms with van der Waals surface area (Å²) in [6.45, 7) is 0.621. The van der Waals surface area contributed by atoms with Gasteiger partial charge in [-0.25, -0.2) is 4.98 Å². The van der Waals surface area contributed by atoms with Crippen molar-refractivity contribution in [3.8, 4) is 0 Å². The normalized spacial score (nSPS) is 9.73. The fourth-order valence-electron chi connectivity index (χ4n) is 1.15. The Bertz CT molecular complexity index is 340. The first-order chi connectivity index (χ1) is 7.13. The quantitative estimate of drug-likeness (QED) is 0.743. The number of amides is 1. The minimum atomic E-state index is 0.0192. The van der Waals surface area contributed by atoms with Crippen molar-refractivity contribution in [3.05, 3.63) is 18.3 Å². The molecule has 5 heteroatoms. The van der Waals surface area contributed by atoms with Gasteiger partial charge < -0.3 is 16.0 Å². The number of nitrogen functional groups attached to an aromatic ring is 1. The minimum Gasteiger partial charge on any atom is -0.399 e. The Hall–Kier alpha value is -1.78. The fraction of sp³-hybridized carbons (Fsp3) is 0.400. The van der Waals surface area contributed by atoms with Crippen molar-refractivity contribution in [2.24, 2.45) is 0 Å². The van der Waals surface area contributed by atoms with Gasteiger partial charge in [0, 0.05) is 45.0 Å². The molecule has 0 radical (unpaired) electrons. The molecule has 0 aromatic carbocycles. The van der Waals surface area contributed by atoms with E-state index in [0.717, 1.165) is 5.82 Å². The first-order valence-corrected chi connectivity index (χ1v) is 4.76. The molecule has 1 aromatic rings. The van der Waals surface area contributed by atoms with E-state index in [1.165, 1.54) is 0 Å². The average molecular weight is 208 g/mol. The molecule has 1 aromatic heterocycles. The van der Waals surface area contributed by atoms with E-state index in [9.17, 15) is 4.79 Å². The van der Waals surface area contributed by atoms with Gasteiger partial charge in [-0.1, -0.05) is 0 Å². The molecule has 0 atom stereocenters. The van der Waals surface area contributed by atoms with Crippen molar-refractivity contribution in [2.45, 2.75) is 6.42 Å². The SMILES string of the molecule is CNC(=O)CCN(C)c1cc(N)ccn1. The van der Waals surface area contributed by atoms with E-state index in [1.807, 2.05) is 11.9 Å². The molecule has 1 rings (SSSR count). The number of nitrogens with zero attached hydrogens (tertiary/aromatic N) is 2. The number of rotatable bonds is 4. The molecule has 0 aliphatic rings. The lowest BCUT2D eigenvalue weighted by molar-refractivity contribution is -0.120. The van der Waals surface area contributed by atoms with Crippen molar-refractivity contribution >= 4 is 17.4 Å². The summed E-state index contributed by atoms with van der Waals surface area (Å²) in [6, 6.07) is 3.51. The van der Waals surface area contributed by atoms with Gasteiger partial charge >= 0.3 is 0 Å². The molecule has 3 N–H and O–H groups in total. The van der Waals surface area contributed by atoms with Crippen molar-refractivity contribution in [2.75, 3.05) is 31.3 Å². The molecule has 0 aliphatic carbocycles. The van der Waals surface area contributed by atoms with Gasteiger partial charge in [-0.05, 0) is 6.07 Å². The van der Waals surface area contributed by atoms with E-state index in [-0.39, 0.29) is 5.91 Å². The largest absolute Gasteiger partial charge is 0.399 e. The molecule has 0 fully saturated rings. The number of aromatic nitrogens is 1. The summed E-state index contributed by atoms with van der Waals surface area (Å²) in [5.74, 6) is 0.796. The van der Waals surface area contributed by atoms with Crippen LogP contribution in [0.5, 0.6) is 0 Å². The zero-order chi connectivity index (χ0) is 11.3. The lowest BCUT2D eigenvalue weighted by atomic mass is 10.3. The second-order valence-electron chi connectivity index (χ2n) is 3.29. The maximum atomic E-state index is 11.0. The van der Waals surface area contributed by atoms with Crippen molar-refractivity contribution < 1.29 is 4.79 Å². The van der Waals surface area contributed by atoms with Crippen LogP contribution in [0.1, 0.15) is 6.42 Å². The van der Waals surface area contributed by atoms with Gasteiger partial charge in [-0.3, -0.25) is 4.79 Å². The Morgan fingerprint density at radius 1 is 1.67 bits per heavy atom. The molecular weight excluding hydrogens is 192 g/mol. The third-order valence-corrected chi connectivity index (χ3v) is 2.11. The monoisotopic (exact) mass is 208 g/mol. The molecule has 0 saturated heterocycles. The molecule has 82 valence electrons. The van der Waals surface area contributed by atoms with Crippen LogP contribution in [0.3, 0.4) is 0 Å². The number of carbonyl (C=O) groups is 1. The highest BCUT2D eigenvalue weighted by molar-refractivity contribution is 5.76. The molecule has 1 heterocycles. The molecule has 0 spiro atoms. The lowest BCUT2D eigenvalue weighted by Crippen LogP contribution is -2.26. The number of carbonyl (C=O) groups excluding carboxylic acids is 1. The molecular formula is C10H16N4O. The predicted octanol–water partition coefficient (Wildman–Crippen LogP) is 0.236. The van der Waals surface area contributed by atoms with Crippen LogP contribution in [0.25, 0.3) is 0 Å². The van der Waals surface area contributed by atoms with Crippen molar-refractivity contribution in [3.63, 3.8) is 0 Å². The molecule has 0 unspecified atom stereocenters. The number of hydrogen-bond acceptors (Lipinski definition) is 4. The van der Waals surface area contributed by atoms with E-state index in [1.54, 1.807) is 25.4 Å². The number of pyridine rings is 1. The third kappa shape index (κ3) is 3.46. The molecule has 0 bridgehead atoms. The maximum absolute atomic E-state index is 11.0. The van der Waals surface area contributed by atoms with Crippen LogP contribution in [-0.2, 0) is 4.79 Å². The predicted molar refractivity (Wildman–Crippen MR) is 60.6 cm³/mol. The van der Waals surface area contributed by atoms with Gasteiger partial charge in [0.15, 0.2) is 0 Å². The van der Waals surface area contributed by atoms with Gasteiger partial charge in [0.05, 0.1) is 0 Å². The van der Waals surface area contributed by atoms with Gasteiger partial charge in [0.1, 0.15) is 5.82 Å². The summed E-state index contributed by atoms with van der Waals surface area (Å²) in [5.41, 5.74) is 6.31. The number of anilines is 2. The second kappa shape index (κ2) is 5.19. The van der Waals surface area contributed by atoms with Crippen LogP contribution >= 0.6 is 0 Å². The number of hydrogen-bond donors (Lipinski definition) is 2. The highest BCUT2D eigenvalue weighted by atomic mass is 16.1. The Morgan fingerprint density at radius 3 is 3.00 bits per heavy atom. The maximum Gasteiger partial charge on any atom is 0.221 e. The van der Waals surface area contributed by atoms with Crippen LogP contribution in [-0.4, -0.2) is 31.5 Å². The van der Waals surface area contributed by atoms with Crippen molar-refractivity contribution in [1.82, 2.24) is 10.3 Å². The second-order valence-corrected chi connectivity index (χ2v) is 3.29. The van der Waals surface area contributed by atoms with E-state index in [0.29, 0.717) is 18.7 Å². The highest BCUT2D eigenvalue weighted by Crippen LogP contribution is 2.12. The summed E-state index contributed by atoms with van der Waals surface area (Å²) < 4.78 is 0. The van der Waals surface area contributed by atoms with E-state index in [2.05, 4.69) is 10.3 Å². The molecule has 1 amide bonds. The standard InChI is InChI=1S/C10H16N4O/c1-12-10(15)4-6-14(2)9-7-8(11)3-5-13-9/h3,5,7H,4,6H2,1-2H3,(H2,11,13)(H,12,15). The first-order valence-electron chi connectivity index (χ1n) is 4.76.